The van der Waals surface area contributed by atoms with Gasteiger partial charge in [-0.3, -0.25) is 9.59 Å². The van der Waals surface area contributed by atoms with Crippen molar-refractivity contribution >= 4 is 11.8 Å². The summed E-state index contributed by atoms with van der Waals surface area (Å²) >= 11 is 0. The molecule has 0 saturated heterocycles. The molecule has 0 aromatic heterocycles. The van der Waals surface area contributed by atoms with Crippen LogP contribution in [-0.2, 0) is 4.79 Å². The summed E-state index contributed by atoms with van der Waals surface area (Å²) in [6, 6.07) is 5.19. The number of unbranched alkanes of at least 4 members (excludes halogenated alkanes) is 1. The van der Waals surface area contributed by atoms with Gasteiger partial charge in [0.05, 0.1) is 6.54 Å². The van der Waals surface area contributed by atoms with Crippen molar-refractivity contribution < 1.29 is 14.0 Å². The van der Waals surface area contributed by atoms with Crippen LogP contribution in [0.3, 0.4) is 0 Å². The number of hydrogen-bond donors (Lipinski definition) is 1. The molecule has 0 radical (unpaired) electrons. The van der Waals surface area contributed by atoms with Gasteiger partial charge in [0.25, 0.3) is 5.91 Å². The zero-order valence-electron chi connectivity index (χ0n) is 11.3. The van der Waals surface area contributed by atoms with E-state index in [1.807, 2.05) is 0 Å². The summed E-state index contributed by atoms with van der Waals surface area (Å²) in [5.41, 5.74) is 0.338. The predicted octanol–water partition coefficient (Wildman–Crippen LogP) is 1.81. The van der Waals surface area contributed by atoms with Crippen molar-refractivity contribution in [3.05, 3.63) is 35.6 Å². The fourth-order valence-corrected chi connectivity index (χ4v) is 1.51. The van der Waals surface area contributed by atoms with Gasteiger partial charge in [0.2, 0.25) is 5.91 Å². The summed E-state index contributed by atoms with van der Waals surface area (Å²) in [6.07, 6.45) is 1.95. The van der Waals surface area contributed by atoms with Gasteiger partial charge in [0.1, 0.15) is 5.82 Å². The van der Waals surface area contributed by atoms with Crippen molar-refractivity contribution in [2.45, 2.75) is 19.8 Å². The smallest absolute Gasteiger partial charge is 0.251 e. The maximum atomic E-state index is 12.7. The standard InChI is InChI=1S/C14H19FN2O2/c1-3-4-9-17(2)13(18)10-16-14(19)11-5-7-12(15)8-6-11/h5-8H,3-4,9-10H2,1-2H3,(H,16,19). The number of amides is 2. The van der Waals surface area contributed by atoms with Gasteiger partial charge in [-0.1, -0.05) is 13.3 Å². The van der Waals surface area contributed by atoms with E-state index in [2.05, 4.69) is 12.2 Å². The van der Waals surface area contributed by atoms with Crippen molar-refractivity contribution in [2.75, 3.05) is 20.1 Å². The van der Waals surface area contributed by atoms with Crippen molar-refractivity contribution in [2.24, 2.45) is 0 Å². The highest BCUT2D eigenvalue weighted by Gasteiger charge is 2.11. The number of nitrogens with zero attached hydrogens (tertiary/aromatic N) is 1. The third-order valence-corrected chi connectivity index (χ3v) is 2.78. The second-order valence-electron chi connectivity index (χ2n) is 4.36. The van der Waals surface area contributed by atoms with E-state index in [1.165, 1.54) is 24.3 Å². The molecule has 0 unspecified atom stereocenters. The lowest BCUT2D eigenvalue weighted by Crippen LogP contribution is -2.38. The number of halogens is 1. The number of rotatable bonds is 6. The molecule has 0 aliphatic heterocycles. The van der Waals surface area contributed by atoms with Crippen LogP contribution in [0.5, 0.6) is 0 Å². The van der Waals surface area contributed by atoms with Crippen LogP contribution >= 0.6 is 0 Å². The highest BCUT2D eigenvalue weighted by atomic mass is 19.1. The Hall–Kier alpha value is -1.91. The van der Waals surface area contributed by atoms with Crippen molar-refractivity contribution in [1.82, 2.24) is 10.2 Å². The quantitative estimate of drug-likeness (QED) is 0.853. The summed E-state index contributed by atoms with van der Waals surface area (Å²) < 4.78 is 12.7. The Morgan fingerprint density at radius 1 is 1.26 bits per heavy atom. The van der Waals surface area contributed by atoms with Crippen LogP contribution in [0.15, 0.2) is 24.3 Å². The maximum absolute atomic E-state index is 12.7. The summed E-state index contributed by atoms with van der Waals surface area (Å²) in [6.45, 7) is 2.69. The van der Waals surface area contributed by atoms with Gasteiger partial charge in [-0.25, -0.2) is 4.39 Å². The summed E-state index contributed by atoms with van der Waals surface area (Å²) in [4.78, 5) is 25.0. The molecular weight excluding hydrogens is 247 g/mol. The number of likely N-dealkylation sites (N-methyl/N-ethyl adjacent to an activating group) is 1. The van der Waals surface area contributed by atoms with Crippen molar-refractivity contribution in [3.8, 4) is 0 Å². The molecule has 4 nitrogen and oxygen atoms in total. The molecule has 1 rings (SSSR count). The average Bonchev–Trinajstić information content (AvgIpc) is 2.42. The van der Waals surface area contributed by atoms with E-state index in [9.17, 15) is 14.0 Å². The Bertz CT molecular complexity index is 432. The van der Waals surface area contributed by atoms with Crippen LogP contribution in [0.4, 0.5) is 4.39 Å². The normalized spacial score (nSPS) is 10.1. The van der Waals surface area contributed by atoms with Gasteiger partial charge in [-0.05, 0) is 30.7 Å². The van der Waals surface area contributed by atoms with Gasteiger partial charge < -0.3 is 10.2 Å². The second-order valence-corrected chi connectivity index (χ2v) is 4.36. The van der Waals surface area contributed by atoms with Gasteiger partial charge in [-0.2, -0.15) is 0 Å². The molecule has 0 heterocycles. The number of carbonyl (C=O) groups excluding carboxylic acids is 2. The minimum atomic E-state index is -0.396. The van der Waals surface area contributed by atoms with E-state index in [4.69, 9.17) is 0 Å². The molecule has 0 saturated carbocycles. The minimum absolute atomic E-state index is 0.0452. The first-order valence-electron chi connectivity index (χ1n) is 6.32. The third-order valence-electron chi connectivity index (χ3n) is 2.78. The molecular formula is C14H19FN2O2. The van der Waals surface area contributed by atoms with E-state index in [0.717, 1.165) is 12.8 Å². The first-order chi connectivity index (χ1) is 9.04. The van der Waals surface area contributed by atoms with Crippen LogP contribution in [0.1, 0.15) is 30.1 Å². The monoisotopic (exact) mass is 266 g/mol. The van der Waals surface area contributed by atoms with Crippen molar-refractivity contribution in [1.29, 1.82) is 0 Å². The number of carbonyl (C=O) groups is 2. The van der Waals surface area contributed by atoms with Gasteiger partial charge in [-0.15, -0.1) is 0 Å². The lowest BCUT2D eigenvalue weighted by molar-refractivity contribution is -0.128. The van der Waals surface area contributed by atoms with E-state index in [-0.39, 0.29) is 18.4 Å². The Morgan fingerprint density at radius 3 is 2.47 bits per heavy atom. The first kappa shape index (κ1) is 15.1. The van der Waals surface area contributed by atoms with Crippen molar-refractivity contribution in [3.63, 3.8) is 0 Å². The van der Waals surface area contributed by atoms with Crippen LogP contribution in [0.25, 0.3) is 0 Å². The highest BCUT2D eigenvalue weighted by Crippen LogP contribution is 2.02. The summed E-state index contributed by atoms with van der Waals surface area (Å²) in [5, 5.41) is 2.52. The van der Waals surface area contributed by atoms with Crippen LogP contribution in [0.2, 0.25) is 0 Å². The summed E-state index contributed by atoms with van der Waals surface area (Å²) in [5.74, 6) is -0.909. The fourth-order valence-electron chi connectivity index (χ4n) is 1.51. The van der Waals surface area contributed by atoms with E-state index >= 15 is 0 Å². The molecule has 5 heteroatoms. The highest BCUT2D eigenvalue weighted by molar-refractivity contribution is 5.96. The Morgan fingerprint density at radius 2 is 1.89 bits per heavy atom. The van der Waals surface area contributed by atoms with Gasteiger partial charge in [0, 0.05) is 19.2 Å². The molecule has 0 fully saturated rings. The zero-order valence-corrected chi connectivity index (χ0v) is 11.3. The Labute approximate surface area is 112 Å². The SMILES string of the molecule is CCCCN(C)C(=O)CNC(=O)c1ccc(F)cc1. The lowest BCUT2D eigenvalue weighted by Gasteiger charge is -2.16. The molecule has 0 spiro atoms. The second kappa shape index (κ2) is 7.51. The van der Waals surface area contributed by atoms with E-state index < -0.39 is 5.82 Å². The Balaban J connectivity index is 2.41. The minimum Gasteiger partial charge on any atom is -0.344 e. The maximum Gasteiger partial charge on any atom is 0.251 e. The first-order valence-corrected chi connectivity index (χ1v) is 6.32. The predicted molar refractivity (Wildman–Crippen MR) is 71.3 cm³/mol. The topological polar surface area (TPSA) is 49.4 Å². The molecule has 104 valence electrons. The number of hydrogen-bond acceptors (Lipinski definition) is 2. The molecule has 1 N–H and O–H groups in total. The van der Waals surface area contributed by atoms with Crippen LogP contribution in [-0.4, -0.2) is 36.9 Å². The average molecular weight is 266 g/mol. The molecule has 1 aromatic rings. The molecule has 2 amide bonds. The molecule has 0 aliphatic rings. The third kappa shape index (κ3) is 5.07. The Kier molecular flexibility index (Phi) is 5.99. The van der Waals surface area contributed by atoms with Gasteiger partial charge >= 0.3 is 0 Å². The van der Waals surface area contributed by atoms with Crippen LogP contribution in [0, 0.1) is 5.82 Å². The molecule has 19 heavy (non-hydrogen) atoms. The van der Waals surface area contributed by atoms with Gasteiger partial charge in [0.15, 0.2) is 0 Å². The lowest BCUT2D eigenvalue weighted by atomic mass is 10.2. The zero-order chi connectivity index (χ0) is 14.3. The largest absolute Gasteiger partial charge is 0.344 e. The van der Waals surface area contributed by atoms with Crippen LogP contribution < -0.4 is 5.32 Å². The molecule has 0 aliphatic carbocycles. The number of benzene rings is 1. The van der Waals surface area contributed by atoms with E-state index in [0.29, 0.717) is 12.1 Å². The number of nitrogens with one attached hydrogen (secondary N) is 1. The molecule has 0 bridgehead atoms. The summed E-state index contributed by atoms with van der Waals surface area (Å²) in [7, 11) is 1.71. The molecule has 1 aromatic carbocycles. The fraction of sp³-hybridized carbons (Fsp3) is 0.429. The van der Waals surface area contributed by atoms with E-state index in [1.54, 1.807) is 11.9 Å². The molecule has 0 atom stereocenters.